The van der Waals surface area contributed by atoms with Crippen molar-refractivity contribution in [2.45, 2.75) is 12.3 Å². The van der Waals surface area contributed by atoms with Crippen LogP contribution in [0.1, 0.15) is 17.0 Å². The third kappa shape index (κ3) is 2.09. The molecule has 4 rings (SSSR count). The molecule has 0 saturated heterocycles. The van der Waals surface area contributed by atoms with Gasteiger partial charge in [0, 0.05) is 23.5 Å². The lowest BCUT2D eigenvalue weighted by Crippen LogP contribution is -2.24. The highest BCUT2D eigenvalue weighted by Crippen LogP contribution is 2.35. The number of benzene rings is 2. The van der Waals surface area contributed by atoms with Gasteiger partial charge in [0.25, 0.3) is 0 Å². The van der Waals surface area contributed by atoms with Crippen LogP contribution in [0.25, 0.3) is 10.9 Å². The van der Waals surface area contributed by atoms with Gasteiger partial charge in [0.15, 0.2) is 0 Å². The number of anilines is 2. The number of hydrogen-bond donors (Lipinski definition) is 2. The lowest BCUT2D eigenvalue weighted by Gasteiger charge is -2.30. The van der Waals surface area contributed by atoms with Gasteiger partial charge in [-0.15, -0.1) is 0 Å². The van der Waals surface area contributed by atoms with Gasteiger partial charge in [-0.3, -0.25) is 0 Å². The molecule has 104 valence electrons. The molecule has 4 heteroatoms. The molecule has 0 spiro atoms. The Hall–Kier alpha value is -2.62. The monoisotopic (exact) mass is 276 g/mol. The van der Waals surface area contributed by atoms with Crippen LogP contribution in [0.15, 0.2) is 48.8 Å². The largest absolute Gasteiger partial charge is 0.399 e. The lowest BCUT2D eigenvalue weighted by molar-refractivity contribution is 0.635. The SMILES string of the molecule is Nc1ccc2c(NCC3Cc4ccccc43)ncnc2c1. The zero-order valence-electron chi connectivity index (χ0n) is 11.6. The summed E-state index contributed by atoms with van der Waals surface area (Å²) in [5.74, 6) is 1.45. The Balaban J connectivity index is 1.56. The van der Waals surface area contributed by atoms with E-state index in [1.54, 1.807) is 6.33 Å². The van der Waals surface area contributed by atoms with Crippen LogP contribution in [-0.2, 0) is 6.42 Å². The maximum Gasteiger partial charge on any atom is 0.137 e. The number of nitrogen functional groups attached to an aromatic ring is 1. The molecule has 0 aliphatic heterocycles. The minimum absolute atomic E-state index is 0.569. The van der Waals surface area contributed by atoms with Crippen LogP contribution in [0.2, 0.25) is 0 Å². The van der Waals surface area contributed by atoms with Gasteiger partial charge in [-0.2, -0.15) is 0 Å². The number of aromatic nitrogens is 2. The first kappa shape index (κ1) is 12.1. The first-order valence-corrected chi connectivity index (χ1v) is 7.13. The zero-order valence-corrected chi connectivity index (χ0v) is 11.6. The standard InChI is InChI=1S/C17H16N4/c18-13-5-6-15-16(8-13)20-10-21-17(15)19-9-12-7-11-3-1-2-4-14(11)12/h1-6,8,10,12H,7,9,18H2,(H,19,20,21). The van der Waals surface area contributed by atoms with E-state index in [1.807, 2.05) is 18.2 Å². The molecule has 1 heterocycles. The normalized spacial score (nSPS) is 16.3. The maximum atomic E-state index is 5.80. The van der Waals surface area contributed by atoms with Crippen LogP contribution in [0, 0.1) is 0 Å². The van der Waals surface area contributed by atoms with Crippen molar-refractivity contribution in [3.8, 4) is 0 Å². The first-order valence-electron chi connectivity index (χ1n) is 7.13. The van der Waals surface area contributed by atoms with Crippen molar-refractivity contribution in [2.75, 3.05) is 17.6 Å². The van der Waals surface area contributed by atoms with E-state index in [4.69, 9.17) is 5.73 Å². The predicted octanol–water partition coefficient (Wildman–Crippen LogP) is 2.96. The Kier molecular flexibility index (Phi) is 2.74. The predicted molar refractivity (Wildman–Crippen MR) is 85.3 cm³/mol. The zero-order chi connectivity index (χ0) is 14.2. The third-order valence-corrected chi connectivity index (χ3v) is 4.14. The summed E-state index contributed by atoms with van der Waals surface area (Å²) in [5.41, 5.74) is 10.3. The summed E-state index contributed by atoms with van der Waals surface area (Å²) in [4.78, 5) is 8.63. The summed E-state index contributed by atoms with van der Waals surface area (Å²) in [6.45, 7) is 0.896. The average Bonchev–Trinajstić information content (AvgIpc) is 2.48. The summed E-state index contributed by atoms with van der Waals surface area (Å²) in [6.07, 6.45) is 2.72. The van der Waals surface area contributed by atoms with E-state index >= 15 is 0 Å². The maximum absolute atomic E-state index is 5.80. The van der Waals surface area contributed by atoms with Gasteiger partial charge in [-0.05, 0) is 35.7 Å². The Labute approximate surface area is 123 Å². The number of hydrogen-bond acceptors (Lipinski definition) is 4. The fourth-order valence-electron chi connectivity index (χ4n) is 2.98. The summed E-state index contributed by atoms with van der Waals surface area (Å²) in [7, 11) is 0. The quantitative estimate of drug-likeness (QED) is 0.722. The van der Waals surface area contributed by atoms with Crippen molar-refractivity contribution >= 4 is 22.4 Å². The molecule has 3 N–H and O–H groups in total. The Morgan fingerprint density at radius 1 is 1.14 bits per heavy atom. The molecular weight excluding hydrogens is 260 g/mol. The minimum Gasteiger partial charge on any atom is -0.399 e. The first-order chi connectivity index (χ1) is 10.3. The molecule has 1 aliphatic carbocycles. The van der Waals surface area contributed by atoms with Gasteiger partial charge in [0.2, 0.25) is 0 Å². The van der Waals surface area contributed by atoms with E-state index in [0.29, 0.717) is 5.92 Å². The Morgan fingerprint density at radius 3 is 2.95 bits per heavy atom. The summed E-state index contributed by atoms with van der Waals surface area (Å²) in [6, 6.07) is 14.4. The molecule has 3 aromatic rings. The van der Waals surface area contributed by atoms with E-state index < -0.39 is 0 Å². The van der Waals surface area contributed by atoms with Gasteiger partial charge < -0.3 is 11.1 Å². The van der Waals surface area contributed by atoms with Crippen LogP contribution in [-0.4, -0.2) is 16.5 Å². The summed E-state index contributed by atoms with van der Waals surface area (Å²) >= 11 is 0. The van der Waals surface area contributed by atoms with E-state index in [9.17, 15) is 0 Å². The van der Waals surface area contributed by atoms with Gasteiger partial charge in [-0.1, -0.05) is 24.3 Å². The number of nitrogens with two attached hydrogens (primary N) is 1. The fourth-order valence-corrected chi connectivity index (χ4v) is 2.98. The fraction of sp³-hybridized carbons (Fsp3) is 0.176. The van der Waals surface area contributed by atoms with Gasteiger partial charge in [-0.25, -0.2) is 9.97 Å². The van der Waals surface area contributed by atoms with E-state index in [2.05, 4.69) is 39.6 Å². The van der Waals surface area contributed by atoms with Gasteiger partial charge in [0.1, 0.15) is 12.1 Å². The molecule has 0 fully saturated rings. The Morgan fingerprint density at radius 2 is 2.05 bits per heavy atom. The summed E-state index contributed by atoms with van der Waals surface area (Å²) < 4.78 is 0. The van der Waals surface area contributed by atoms with Crippen LogP contribution >= 0.6 is 0 Å². The van der Waals surface area contributed by atoms with Crippen LogP contribution in [0.4, 0.5) is 11.5 Å². The molecule has 1 aliphatic rings. The van der Waals surface area contributed by atoms with E-state index in [0.717, 1.165) is 35.4 Å². The average molecular weight is 276 g/mol. The van der Waals surface area contributed by atoms with Crippen molar-refractivity contribution < 1.29 is 0 Å². The second kappa shape index (κ2) is 4.74. The lowest BCUT2D eigenvalue weighted by atomic mass is 9.77. The minimum atomic E-state index is 0.569. The molecule has 4 nitrogen and oxygen atoms in total. The molecule has 1 aromatic heterocycles. The van der Waals surface area contributed by atoms with Crippen LogP contribution in [0.5, 0.6) is 0 Å². The molecule has 0 amide bonds. The van der Waals surface area contributed by atoms with Gasteiger partial charge >= 0.3 is 0 Å². The van der Waals surface area contributed by atoms with E-state index in [-0.39, 0.29) is 0 Å². The Bertz CT molecular complexity index is 813. The molecular formula is C17H16N4. The molecule has 1 atom stereocenters. The molecule has 0 bridgehead atoms. The molecule has 1 unspecified atom stereocenters. The molecule has 21 heavy (non-hydrogen) atoms. The number of nitrogens with zero attached hydrogens (tertiary/aromatic N) is 2. The summed E-state index contributed by atoms with van der Waals surface area (Å²) in [5, 5.41) is 4.47. The highest BCUT2D eigenvalue weighted by molar-refractivity contribution is 5.90. The third-order valence-electron chi connectivity index (χ3n) is 4.14. The number of nitrogens with one attached hydrogen (secondary N) is 1. The molecule has 2 aromatic carbocycles. The topological polar surface area (TPSA) is 63.8 Å². The smallest absolute Gasteiger partial charge is 0.137 e. The second-order valence-electron chi connectivity index (χ2n) is 5.48. The van der Waals surface area contributed by atoms with Gasteiger partial charge in [0.05, 0.1) is 5.52 Å². The van der Waals surface area contributed by atoms with Crippen LogP contribution in [0.3, 0.4) is 0 Å². The second-order valence-corrected chi connectivity index (χ2v) is 5.48. The number of fused-ring (bicyclic) bond motifs is 2. The van der Waals surface area contributed by atoms with Crippen LogP contribution < -0.4 is 11.1 Å². The van der Waals surface area contributed by atoms with Crippen molar-refractivity contribution in [1.29, 1.82) is 0 Å². The molecule has 0 radical (unpaired) electrons. The molecule has 0 saturated carbocycles. The highest BCUT2D eigenvalue weighted by atomic mass is 15.0. The highest BCUT2D eigenvalue weighted by Gasteiger charge is 2.25. The van der Waals surface area contributed by atoms with Crippen molar-refractivity contribution in [3.05, 3.63) is 59.9 Å². The van der Waals surface area contributed by atoms with Crippen molar-refractivity contribution in [2.24, 2.45) is 0 Å². The van der Waals surface area contributed by atoms with Crippen molar-refractivity contribution in [1.82, 2.24) is 9.97 Å². The van der Waals surface area contributed by atoms with Crippen molar-refractivity contribution in [3.63, 3.8) is 0 Å². The number of rotatable bonds is 3. The van der Waals surface area contributed by atoms with E-state index in [1.165, 1.54) is 11.1 Å².